The van der Waals surface area contributed by atoms with Gasteiger partial charge in [-0.1, -0.05) is 38.4 Å². The molecule has 1 amide bonds. The third kappa shape index (κ3) is 5.68. The van der Waals surface area contributed by atoms with Crippen LogP contribution in [0.1, 0.15) is 36.7 Å². The molecular weight excluding hydrogens is 400 g/mol. The smallest absolute Gasteiger partial charge is 0.338 e. The molecule has 154 valence electrons. The van der Waals surface area contributed by atoms with Crippen LogP contribution in [0.3, 0.4) is 0 Å². The number of carbonyl (C=O) groups excluding carboxylic acids is 2. The minimum Gasteiger partial charge on any atom is -0.495 e. The average molecular weight is 421 g/mol. The zero-order chi connectivity index (χ0) is 21.8. The van der Waals surface area contributed by atoms with Gasteiger partial charge in [-0.05, 0) is 29.7 Å². The number of anilines is 1. The van der Waals surface area contributed by atoms with E-state index in [1.54, 1.807) is 12.1 Å². The van der Waals surface area contributed by atoms with Gasteiger partial charge in [0.25, 0.3) is 11.6 Å². The SMILES string of the molecule is COc1ccc(Cl)cc1NC(=O)COC(=O)c1ccc(C(C)(C)C)c([N+](=O)[O-])c1. The zero-order valence-corrected chi connectivity index (χ0v) is 17.2. The predicted octanol–water partition coefficient (Wildman–Crippen LogP) is 4.35. The lowest BCUT2D eigenvalue weighted by Gasteiger charge is -2.19. The predicted molar refractivity (Wildman–Crippen MR) is 109 cm³/mol. The molecule has 0 saturated carbocycles. The van der Waals surface area contributed by atoms with Crippen LogP contribution in [-0.4, -0.2) is 30.5 Å². The van der Waals surface area contributed by atoms with Gasteiger partial charge in [0, 0.05) is 16.7 Å². The fourth-order valence-electron chi connectivity index (χ4n) is 2.62. The van der Waals surface area contributed by atoms with Crippen LogP contribution in [0.4, 0.5) is 11.4 Å². The van der Waals surface area contributed by atoms with Crippen molar-refractivity contribution in [3.63, 3.8) is 0 Å². The zero-order valence-electron chi connectivity index (χ0n) is 16.4. The van der Waals surface area contributed by atoms with Crippen molar-refractivity contribution in [2.24, 2.45) is 0 Å². The van der Waals surface area contributed by atoms with E-state index in [2.05, 4.69) is 5.32 Å². The Kier molecular flexibility index (Phi) is 6.81. The van der Waals surface area contributed by atoms with Gasteiger partial charge in [0.2, 0.25) is 0 Å². The maximum atomic E-state index is 12.2. The number of methoxy groups -OCH3 is 1. The molecule has 0 spiro atoms. The Morgan fingerprint density at radius 3 is 2.45 bits per heavy atom. The Labute approximate surface area is 172 Å². The monoisotopic (exact) mass is 420 g/mol. The van der Waals surface area contributed by atoms with Gasteiger partial charge in [-0.3, -0.25) is 14.9 Å². The molecule has 0 aromatic heterocycles. The summed E-state index contributed by atoms with van der Waals surface area (Å²) in [4.78, 5) is 35.2. The van der Waals surface area contributed by atoms with Crippen LogP contribution in [0.25, 0.3) is 0 Å². The number of nitrogens with zero attached hydrogens (tertiary/aromatic N) is 1. The highest BCUT2D eigenvalue weighted by Crippen LogP contribution is 2.32. The topological polar surface area (TPSA) is 108 Å². The van der Waals surface area contributed by atoms with Crippen molar-refractivity contribution in [1.82, 2.24) is 0 Å². The molecule has 0 radical (unpaired) electrons. The van der Waals surface area contributed by atoms with Gasteiger partial charge in [0.15, 0.2) is 6.61 Å². The lowest BCUT2D eigenvalue weighted by molar-refractivity contribution is -0.386. The molecule has 0 aliphatic carbocycles. The molecule has 8 nitrogen and oxygen atoms in total. The van der Waals surface area contributed by atoms with Crippen LogP contribution in [0, 0.1) is 10.1 Å². The van der Waals surface area contributed by atoms with Crippen molar-refractivity contribution in [3.05, 3.63) is 62.7 Å². The fraction of sp³-hybridized carbons (Fsp3) is 0.300. The van der Waals surface area contributed by atoms with E-state index in [0.29, 0.717) is 22.0 Å². The summed E-state index contributed by atoms with van der Waals surface area (Å²) in [6, 6.07) is 8.79. The Hall–Kier alpha value is -3.13. The van der Waals surface area contributed by atoms with Gasteiger partial charge >= 0.3 is 5.97 Å². The van der Waals surface area contributed by atoms with Crippen molar-refractivity contribution in [3.8, 4) is 5.75 Å². The van der Waals surface area contributed by atoms with E-state index in [-0.39, 0.29) is 11.3 Å². The molecule has 0 unspecified atom stereocenters. The number of hydrogen-bond acceptors (Lipinski definition) is 6. The molecule has 2 rings (SSSR count). The van der Waals surface area contributed by atoms with Crippen LogP contribution in [0.15, 0.2) is 36.4 Å². The van der Waals surface area contributed by atoms with Crippen LogP contribution < -0.4 is 10.1 Å². The molecule has 29 heavy (non-hydrogen) atoms. The first kappa shape index (κ1) is 22.2. The molecule has 2 aromatic rings. The van der Waals surface area contributed by atoms with E-state index < -0.39 is 28.8 Å². The molecular formula is C20H21ClN2O6. The van der Waals surface area contributed by atoms with Crippen LogP contribution in [0.2, 0.25) is 5.02 Å². The molecule has 0 saturated heterocycles. The van der Waals surface area contributed by atoms with Crippen LogP contribution in [-0.2, 0) is 14.9 Å². The number of nitro groups is 1. The Morgan fingerprint density at radius 2 is 1.86 bits per heavy atom. The average Bonchev–Trinajstić information content (AvgIpc) is 2.65. The van der Waals surface area contributed by atoms with Crippen molar-refractivity contribution in [2.45, 2.75) is 26.2 Å². The summed E-state index contributed by atoms with van der Waals surface area (Å²) in [5.41, 5.74) is 0.148. The second kappa shape index (κ2) is 8.91. The maximum absolute atomic E-state index is 12.2. The van der Waals surface area contributed by atoms with Crippen LogP contribution in [0.5, 0.6) is 5.75 Å². The van der Waals surface area contributed by atoms with Crippen molar-refractivity contribution >= 4 is 34.9 Å². The number of ether oxygens (including phenoxy) is 2. The van der Waals surface area contributed by atoms with Gasteiger partial charge in [0.05, 0.1) is 23.3 Å². The van der Waals surface area contributed by atoms with E-state index >= 15 is 0 Å². The largest absolute Gasteiger partial charge is 0.495 e. The molecule has 0 bridgehead atoms. The molecule has 0 aliphatic heterocycles. The second-order valence-electron chi connectivity index (χ2n) is 7.21. The number of carbonyl (C=O) groups is 2. The second-order valence-corrected chi connectivity index (χ2v) is 7.64. The van der Waals surface area contributed by atoms with Crippen LogP contribution >= 0.6 is 11.6 Å². The van der Waals surface area contributed by atoms with E-state index in [1.165, 1.54) is 25.3 Å². The number of halogens is 1. The molecule has 0 heterocycles. The molecule has 0 atom stereocenters. The summed E-state index contributed by atoms with van der Waals surface area (Å²) in [6.45, 7) is 4.93. The molecule has 0 aliphatic rings. The normalized spacial score (nSPS) is 10.9. The number of rotatable bonds is 6. The Bertz CT molecular complexity index is 952. The van der Waals surface area contributed by atoms with Crippen molar-refractivity contribution in [1.29, 1.82) is 0 Å². The van der Waals surface area contributed by atoms with E-state index in [1.807, 2.05) is 20.8 Å². The first-order valence-electron chi connectivity index (χ1n) is 8.62. The number of nitrogens with one attached hydrogen (secondary N) is 1. The standard InChI is InChI=1S/C20H21ClN2O6/c1-20(2,3)14-7-5-12(9-16(14)23(26)27)19(25)29-11-18(24)22-15-10-13(21)6-8-17(15)28-4/h5-10H,11H2,1-4H3,(H,22,24). The molecule has 9 heteroatoms. The summed E-state index contributed by atoms with van der Waals surface area (Å²) < 4.78 is 10.1. The van der Waals surface area contributed by atoms with E-state index in [0.717, 1.165) is 6.07 Å². The number of nitro benzene ring substituents is 1. The summed E-state index contributed by atoms with van der Waals surface area (Å²) in [7, 11) is 1.44. The van der Waals surface area contributed by atoms with Crippen molar-refractivity contribution in [2.75, 3.05) is 19.0 Å². The third-order valence-electron chi connectivity index (χ3n) is 4.01. The molecule has 2 aromatic carbocycles. The van der Waals surface area contributed by atoms with Gasteiger partial charge in [-0.2, -0.15) is 0 Å². The van der Waals surface area contributed by atoms with Gasteiger partial charge in [0.1, 0.15) is 5.75 Å². The highest BCUT2D eigenvalue weighted by molar-refractivity contribution is 6.31. The van der Waals surface area contributed by atoms with Crippen molar-refractivity contribution < 1.29 is 24.0 Å². The quantitative estimate of drug-likeness (QED) is 0.423. The van der Waals surface area contributed by atoms with Gasteiger partial charge in [-0.15, -0.1) is 0 Å². The summed E-state index contributed by atoms with van der Waals surface area (Å²) in [5, 5.41) is 14.3. The lowest BCUT2D eigenvalue weighted by Crippen LogP contribution is -2.21. The van der Waals surface area contributed by atoms with E-state index in [9.17, 15) is 19.7 Å². The maximum Gasteiger partial charge on any atom is 0.338 e. The van der Waals surface area contributed by atoms with E-state index in [4.69, 9.17) is 21.1 Å². The number of benzene rings is 2. The summed E-state index contributed by atoms with van der Waals surface area (Å²) in [5.74, 6) is -1.07. The Balaban J connectivity index is 2.09. The third-order valence-corrected chi connectivity index (χ3v) is 4.24. The molecule has 1 N–H and O–H groups in total. The summed E-state index contributed by atoms with van der Waals surface area (Å²) >= 11 is 5.90. The molecule has 0 fully saturated rings. The highest BCUT2D eigenvalue weighted by Gasteiger charge is 2.26. The number of hydrogen-bond donors (Lipinski definition) is 1. The summed E-state index contributed by atoms with van der Waals surface area (Å²) in [6.07, 6.45) is 0. The minimum atomic E-state index is -0.846. The van der Waals surface area contributed by atoms with Gasteiger partial charge < -0.3 is 14.8 Å². The van der Waals surface area contributed by atoms with Gasteiger partial charge in [-0.25, -0.2) is 4.79 Å². The first-order valence-corrected chi connectivity index (χ1v) is 9.00. The highest BCUT2D eigenvalue weighted by atomic mass is 35.5. The lowest BCUT2D eigenvalue weighted by atomic mass is 9.85. The number of amides is 1. The number of esters is 1. The first-order chi connectivity index (χ1) is 13.5. The minimum absolute atomic E-state index is 0.0159. The Morgan fingerprint density at radius 1 is 1.17 bits per heavy atom. The fourth-order valence-corrected chi connectivity index (χ4v) is 2.79.